The average molecular weight is 283 g/mol. The highest BCUT2D eigenvalue weighted by Gasteiger charge is 2.13. The molecule has 1 atom stereocenters. The van der Waals surface area contributed by atoms with Crippen LogP contribution in [0, 0.1) is 0 Å². The molecule has 1 aromatic carbocycles. The SMILES string of the molecule is CCNC(CCS(C)(=O)=O)c1ccc(C(C)C)cc1. The molecule has 0 radical (unpaired) electrons. The van der Waals surface area contributed by atoms with Crippen LogP contribution >= 0.6 is 0 Å². The van der Waals surface area contributed by atoms with Crippen LogP contribution in [0.2, 0.25) is 0 Å². The molecule has 1 rings (SSSR count). The molecule has 1 unspecified atom stereocenters. The van der Waals surface area contributed by atoms with Crippen molar-refractivity contribution in [2.75, 3.05) is 18.6 Å². The maximum atomic E-state index is 11.3. The van der Waals surface area contributed by atoms with Crippen LogP contribution in [-0.4, -0.2) is 27.0 Å². The molecule has 1 N–H and O–H groups in total. The molecule has 0 bridgehead atoms. The largest absolute Gasteiger partial charge is 0.310 e. The van der Waals surface area contributed by atoms with Gasteiger partial charge in [0.25, 0.3) is 0 Å². The zero-order valence-electron chi connectivity index (χ0n) is 12.3. The predicted octanol–water partition coefficient (Wildman–Crippen LogP) is 2.90. The molecule has 0 aromatic heterocycles. The minimum atomic E-state index is -2.91. The lowest BCUT2D eigenvalue weighted by atomic mass is 9.98. The summed E-state index contributed by atoms with van der Waals surface area (Å²) in [6.07, 6.45) is 1.91. The molecule has 4 heteroatoms. The lowest BCUT2D eigenvalue weighted by Crippen LogP contribution is -2.23. The van der Waals surface area contributed by atoms with E-state index in [1.165, 1.54) is 11.8 Å². The first-order valence-corrected chi connectivity index (χ1v) is 8.90. The van der Waals surface area contributed by atoms with Crippen LogP contribution in [0.4, 0.5) is 0 Å². The van der Waals surface area contributed by atoms with E-state index in [-0.39, 0.29) is 11.8 Å². The first-order chi connectivity index (χ1) is 8.83. The van der Waals surface area contributed by atoms with Crippen molar-refractivity contribution < 1.29 is 8.42 Å². The van der Waals surface area contributed by atoms with Crippen LogP contribution in [0.15, 0.2) is 24.3 Å². The second-order valence-electron chi connectivity index (χ2n) is 5.35. The van der Waals surface area contributed by atoms with Crippen LogP contribution < -0.4 is 5.32 Å². The van der Waals surface area contributed by atoms with Gasteiger partial charge in [-0.3, -0.25) is 0 Å². The summed E-state index contributed by atoms with van der Waals surface area (Å²) in [7, 11) is -2.91. The Kier molecular flexibility index (Phi) is 6.01. The van der Waals surface area contributed by atoms with Gasteiger partial charge in [-0.15, -0.1) is 0 Å². The minimum Gasteiger partial charge on any atom is -0.310 e. The summed E-state index contributed by atoms with van der Waals surface area (Å²) in [5.74, 6) is 0.735. The van der Waals surface area contributed by atoms with Crippen LogP contribution in [0.5, 0.6) is 0 Å². The number of sulfone groups is 1. The van der Waals surface area contributed by atoms with Crippen LogP contribution in [0.25, 0.3) is 0 Å². The molecule has 0 aliphatic carbocycles. The summed E-state index contributed by atoms with van der Waals surface area (Å²) in [6, 6.07) is 8.58. The summed E-state index contributed by atoms with van der Waals surface area (Å²) in [5, 5.41) is 3.36. The van der Waals surface area contributed by atoms with Crippen molar-refractivity contribution in [3.05, 3.63) is 35.4 Å². The van der Waals surface area contributed by atoms with Gasteiger partial charge in [-0.2, -0.15) is 0 Å². The molecule has 0 spiro atoms. The molecule has 0 aliphatic rings. The topological polar surface area (TPSA) is 46.2 Å². The molecule has 0 saturated heterocycles. The van der Waals surface area contributed by atoms with Gasteiger partial charge in [0.15, 0.2) is 0 Å². The van der Waals surface area contributed by atoms with Gasteiger partial charge in [-0.1, -0.05) is 45.0 Å². The second-order valence-corrected chi connectivity index (χ2v) is 7.61. The van der Waals surface area contributed by atoms with E-state index in [1.54, 1.807) is 0 Å². The fraction of sp³-hybridized carbons (Fsp3) is 0.600. The Labute approximate surface area is 117 Å². The normalized spacial score (nSPS) is 13.7. The molecule has 0 heterocycles. The molecule has 108 valence electrons. The standard InChI is InChI=1S/C15H25NO2S/c1-5-16-15(10-11-19(4,17)18)14-8-6-13(7-9-14)12(2)3/h6-9,12,15-16H,5,10-11H2,1-4H3. The quantitative estimate of drug-likeness (QED) is 0.837. The maximum Gasteiger partial charge on any atom is 0.147 e. The van der Waals surface area contributed by atoms with Crippen molar-refractivity contribution in [2.45, 2.75) is 39.2 Å². The number of hydrogen-bond donors (Lipinski definition) is 1. The Morgan fingerprint density at radius 1 is 1.11 bits per heavy atom. The van der Waals surface area contributed by atoms with Gasteiger partial charge in [-0.25, -0.2) is 8.42 Å². The van der Waals surface area contributed by atoms with Gasteiger partial charge < -0.3 is 5.32 Å². The molecule has 1 aromatic rings. The van der Waals surface area contributed by atoms with Gasteiger partial charge in [0.05, 0.1) is 5.75 Å². The lowest BCUT2D eigenvalue weighted by molar-refractivity contribution is 0.529. The number of benzene rings is 1. The van der Waals surface area contributed by atoms with Crippen LogP contribution in [0.1, 0.15) is 50.3 Å². The van der Waals surface area contributed by atoms with Crippen molar-refractivity contribution in [3.8, 4) is 0 Å². The molecule has 0 fully saturated rings. The molecule has 0 saturated carbocycles. The van der Waals surface area contributed by atoms with Crippen LogP contribution in [-0.2, 0) is 9.84 Å². The summed E-state index contributed by atoms with van der Waals surface area (Å²) in [5.41, 5.74) is 2.47. The Morgan fingerprint density at radius 2 is 1.63 bits per heavy atom. The van der Waals surface area contributed by atoms with E-state index in [2.05, 4.69) is 43.4 Å². The maximum absolute atomic E-state index is 11.3. The van der Waals surface area contributed by atoms with E-state index in [0.29, 0.717) is 12.3 Å². The van der Waals surface area contributed by atoms with E-state index in [4.69, 9.17) is 0 Å². The zero-order valence-corrected chi connectivity index (χ0v) is 13.1. The number of hydrogen-bond acceptors (Lipinski definition) is 3. The molecular weight excluding hydrogens is 258 g/mol. The van der Waals surface area contributed by atoms with Gasteiger partial charge in [-0.05, 0) is 30.0 Å². The van der Waals surface area contributed by atoms with E-state index in [0.717, 1.165) is 12.1 Å². The van der Waals surface area contributed by atoms with Crippen molar-refractivity contribution in [2.24, 2.45) is 0 Å². The van der Waals surface area contributed by atoms with E-state index >= 15 is 0 Å². The van der Waals surface area contributed by atoms with E-state index in [1.807, 2.05) is 6.92 Å². The fourth-order valence-electron chi connectivity index (χ4n) is 2.08. The molecule has 3 nitrogen and oxygen atoms in total. The van der Waals surface area contributed by atoms with Crippen molar-refractivity contribution >= 4 is 9.84 Å². The molecule has 0 aliphatic heterocycles. The molecule has 19 heavy (non-hydrogen) atoms. The summed E-state index contributed by atoms with van der Waals surface area (Å²) in [6.45, 7) is 7.21. The smallest absolute Gasteiger partial charge is 0.147 e. The third-order valence-electron chi connectivity index (χ3n) is 3.23. The molecular formula is C15H25NO2S. The Morgan fingerprint density at radius 3 is 2.05 bits per heavy atom. The van der Waals surface area contributed by atoms with Gasteiger partial charge in [0.1, 0.15) is 9.84 Å². The fourth-order valence-corrected chi connectivity index (χ4v) is 2.74. The highest BCUT2D eigenvalue weighted by atomic mass is 32.2. The van der Waals surface area contributed by atoms with Gasteiger partial charge in [0.2, 0.25) is 0 Å². The third-order valence-corrected chi connectivity index (χ3v) is 4.21. The predicted molar refractivity (Wildman–Crippen MR) is 81.3 cm³/mol. The van der Waals surface area contributed by atoms with Crippen LogP contribution in [0.3, 0.4) is 0 Å². The number of rotatable bonds is 7. The summed E-state index contributed by atoms with van der Waals surface area (Å²) >= 11 is 0. The number of nitrogens with one attached hydrogen (secondary N) is 1. The minimum absolute atomic E-state index is 0.112. The van der Waals surface area contributed by atoms with E-state index < -0.39 is 9.84 Å². The third kappa shape index (κ3) is 5.74. The highest BCUT2D eigenvalue weighted by molar-refractivity contribution is 7.90. The van der Waals surface area contributed by atoms with Crippen molar-refractivity contribution in [1.29, 1.82) is 0 Å². The lowest BCUT2D eigenvalue weighted by Gasteiger charge is -2.18. The zero-order chi connectivity index (χ0) is 14.5. The van der Waals surface area contributed by atoms with Gasteiger partial charge in [0, 0.05) is 12.3 Å². The summed E-state index contributed by atoms with van der Waals surface area (Å²) in [4.78, 5) is 0. The first kappa shape index (κ1) is 16.2. The average Bonchev–Trinajstić information content (AvgIpc) is 2.33. The Bertz CT molecular complexity index is 477. The van der Waals surface area contributed by atoms with Crippen molar-refractivity contribution in [1.82, 2.24) is 5.32 Å². The Balaban J connectivity index is 2.80. The Hall–Kier alpha value is -0.870. The highest BCUT2D eigenvalue weighted by Crippen LogP contribution is 2.21. The summed E-state index contributed by atoms with van der Waals surface area (Å²) < 4.78 is 22.6. The van der Waals surface area contributed by atoms with Gasteiger partial charge >= 0.3 is 0 Å². The first-order valence-electron chi connectivity index (χ1n) is 6.84. The molecule has 0 amide bonds. The monoisotopic (exact) mass is 283 g/mol. The second kappa shape index (κ2) is 7.06. The van der Waals surface area contributed by atoms with E-state index in [9.17, 15) is 8.42 Å². The van der Waals surface area contributed by atoms with Crippen molar-refractivity contribution in [3.63, 3.8) is 0 Å².